The van der Waals surface area contributed by atoms with Gasteiger partial charge in [0.05, 0.1) is 17.8 Å². The zero-order valence-electron chi connectivity index (χ0n) is 15.0. The van der Waals surface area contributed by atoms with Gasteiger partial charge < -0.3 is 25.0 Å². The SMILES string of the molecule is C[C@@H](C(=O)Nc1ccc2c(c1)OCO2)[NH+](C)CC(=O)Nc1ccccc1Cl. The molecule has 1 aliphatic heterocycles. The number of hydrogen-bond donors (Lipinski definition) is 3. The van der Waals surface area contributed by atoms with Crippen molar-refractivity contribution in [2.45, 2.75) is 13.0 Å². The van der Waals surface area contributed by atoms with Crippen LogP contribution in [-0.4, -0.2) is 38.2 Å². The molecule has 3 N–H and O–H groups in total. The Morgan fingerprint density at radius 2 is 1.89 bits per heavy atom. The van der Waals surface area contributed by atoms with Crippen LogP contribution < -0.4 is 25.0 Å². The molecule has 1 unspecified atom stereocenters. The van der Waals surface area contributed by atoms with Crippen LogP contribution in [0.3, 0.4) is 0 Å². The highest BCUT2D eigenvalue weighted by Gasteiger charge is 2.25. The molecule has 2 aromatic carbocycles. The van der Waals surface area contributed by atoms with Gasteiger partial charge in [0.1, 0.15) is 0 Å². The quantitative estimate of drug-likeness (QED) is 0.699. The Labute approximate surface area is 162 Å². The van der Waals surface area contributed by atoms with Crippen molar-refractivity contribution in [2.24, 2.45) is 0 Å². The summed E-state index contributed by atoms with van der Waals surface area (Å²) in [5, 5.41) is 6.06. The van der Waals surface area contributed by atoms with Gasteiger partial charge in [0.15, 0.2) is 24.1 Å². The van der Waals surface area contributed by atoms with Gasteiger partial charge in [-0.1, -0.05) is 23.7 Å². The molecule has 0 radical (unpaired) electrons. The van der Waals surface area contributed by atoms with Crippen molar-refractivity contribution in [3.05, 3.63) is 47.5 Å². The van der Waals surface area contributed by atoms with E-state index in [1.165, 1.54) is 0 Å². The lowest BCUT2D eigenvalue weighted by atomic mass is 10.2. The van der Waals surface area contributed by atoms with E-state index in [2.05, 4.69) is 10.6 Å². The highest BCUT2D eigenvalue weighted by molar-refractivity contribution is 6.33. The number of nitrogens with one attached hydrogen (secondary N) is 3. The molecule has 1 heterocycles. The summed E-state index contributed by atoms with van der Waals surface area (Å²) >= 11 is 6.04. The second kappa shape index (κ2) is 8.28. The number of para-hydroxylation sites is 1. The van der Waals surface area contributed by atoms with Crippen molar-refractivity contribution >= 4 is 34.8 Å². The number of quaternary nitrogens is 1. The van der Waals surface area contributed by atoms with Crippen molar-refractivity contribution in [3.63, 3.8) is 0 Å². The fourth-order valence-electron chi connectivity index (χ4n) is 2.61. The van der Waals surface area contributed by atoms with Crippen LogP contribution in [0, 0.1) is 0 Å². The monoisotopic (exact) mass is 390 g/mol. The average Bonchev–Trinajstić information content (AvgIpc) is 3.10. The number of amides is 2. The van der Waals surface area contributed by atoms with E-state index < -0.39 is 6.04 Å². The second-order valence-corrected chi connectivity index (χ2v) is 6.74. The zero-order chi connectivity index (χ0) is 19.4. The minimum atomic E-state index is -0.438. The minimum Gasteiger partial charge on any atom is -0.454 e. The van der Waals surface area contributed by atoms with E-state index in [9.17, 15) is 9.59 Å². The molecular formula is C19H21ClN3O4+. The molecule has 3 rings (SSSR count). The van der Waals surface area contributed by atoms with E-state index in [1.807, 2.05) is 0 Å². The number of carbonyl (C=O) groups is 2. The van der Waals surface area contributed by atoms with Gasteiger partial charge in [-0.2, -0.15) is 0 Å². The van der Waals surface area contributed by atoms with Gasteiger partial charge in [-0.3, -0.25) is 9.59 Å². The predicted octanol–water partition coefficient (Wildman–Crippen LogP) is 1.55. The van der Waals surface area contributed by atoms with E-state index >= 15 is 0 Å². The average molecular weight is 391 g/mol. The van der Waals surface area contributed by atoms with Crippen molar-refractivity contribution in [1.82, 2.24) is 0 Å². The first kappa shape index (κ1) is 19.0. The molecule has 142 valence electrons. The summed E-state index contributed by atoms with van der Waals surface area (Å²) in [5.41, 5.74) is 1.17. The first-order valence-corrected chi connectivity index (χ1v) is 8.89. The summed E-state index contributed by atoms with van der Waals surface area (Å²) < 4.78 is 10.6. The highest BCUT2D eigenvalue weighted by atomic mass is 35.5. The van der Waals surface area contributed by atoms with Crippen LogP contribution in [0.5, 0.6) is 11.5 Å². The summed E-state index contributed by atoms with van der Waals surface area (Å²) in [5.74, 6) is 0.834. The molecule has 7 nitrogen and oxygen atoms in total. The summed E-state index contributed by atoms with van der Waals surface area (Å²) in [7, 11) is 1.79. The summed E-state index contributed by atoms with van der Waals surface area (Å²) in [4.78, 5) is 25.5. The van der Waals surface area contributed by atoms with Crippen LogP contribution in [0.25, 0.3) is 0 Å². The smallest absolute Gasteiger partial charge is 0.282 e. The topological polar surface area (TPSA) is 81.1 Å². The lowest BCUT2D eigenvalue weighted by Gasteiger charge is -2.20. The molecule has 0 fully saturated rings. The number of likely N-dealkylation sites (N-methyl/N-ethyl adjacent to an activating group) is 1. The summed E-state index contributed by atoms with van der Waals surface area (Å²) in [6.07, 6.45) is 0. The van der Waals surface area contributed by atoms with Gasteiger partial charge in [-0.15, -0.1) is 0 Å². The summed E-state index contributed by atoms with van der Waals surface area (Å²) in [6.45, 7) is 2.07. The third-order valence-corrected chi connectivity index (χ3v) is 4.69. The number of hydrogen-bond acceptors (Lipinski definition) is 4. The maximum atomic E-state index is 12.5. The molecule has 2 atom stereocenters. The van der Waals surface area contributed by atoms with Crippen molar-refractivity contribution in [3.8, 4) is 11.5 Å². The van der Waals surface area contributed by atoms with Crippen molar-refractivity contribution in [2.75, 3.05) is 31.0 Å². The van der Waals surface area contributed by atoms with Crippen molar-refractivity contribution < 1.29 is 24.0 Å². The molecule has 0 spiro atoms. The Hall–Kier alpha value is -2.77. The molecule has 0 saturated carbocycles. The molecule has 0 aromatic heterocycles. The van der Waals surface area contributed by atoms with E-state index in [-0.39, 0.29) is 25.2 Å². The molecule has 1 aliphatic rings. The Bertz CT molecular complexity index is 859. The third-order valence-electron chi connectivity index (χ3n) is 4.36. The van der Waals surface area contributed by atoms with Crippen LogP contribution in [0.4, 0.5) is 11.4 Å². The standard InChI is InChI=1S/C19H20ClN3O4/c1-12(19(25)21-13-7-8-16-17(9-13)27-11-26-16)23(2)10-18(24)22-15-6-4-3-5-14(15)20/h3-9,12H,10-11H2,1-2H3,(H,21,25)(H,22,24)/p+1/t12-/m0/s1. The molecule has 2 amide bonds. The van der Waals surface area contributed by atoms with Gasteiger partial charge in [-0.25, -0.2) is 0 Å². The molecule has 27 heavy (non-hydrogen) atoms. The minimum absolute atomic E-state index is 0.126. The molecule has 2 aromatic rings. The second-order valence-electron chi connectivity index (χ2n) is 6.33. The lowest BCUT2D eigenvalue weighted by molar-refractivity contribution is -0.885. The van der Waals surface area contributed by atoms with E-state index in [4.69, 9.17) is 21.1 Å². The molecule has 0 saturated heterocycles. The number of benzene rings is 2. The zero-order valence-corrected chi connectivity index (χ0v) is 15.8. The number of carbonyl (C=O) groups excluding carboxylic acids is 2. The molecule has 0 aliphatic carbocycles. The van der Waals surface area contributed by atoms with Crippen LogP contribution in [0.1, 0.15) is 6.92 Å². The predicted molar refractivity (Wildman–Crippen MR) is 102 cm³/mol. The van der Waals surface area contributed by atoms with E-state index in [0.29, 0.717) is 27.9 Å². The van der Waals surface area contributed by atoms with Gasteiger partial charge in [-0.05, 0) is 31.2 Å². The third kappa shape index (κ3) is 4.69. The Morgan fingerprint density at radius 1 is 1.15 bits per heavy atom. The number of rotatable bonds is 6. The fourth-order valence-corrected chi connectivity index (χ4v) is 2.79. The lowest BCUT2D eigenvalue weighted by Crippen LogP contribution is -3.14. The van der Waals surface area contributed by atoms with Crippen LogP contribution in [0.2, 0.25) is 5.02 Å². The normalized spacial score (nSPS) is 14.3. The largest absolute Gasteiger partial charge is 0.454 e. The maximum absolute atomic E-state index is 12.5. The van der Waals surface area contributed by atoms with Gasteiger partial charge in [0, 0.05) is 11.8 Å². The first-order valence-electron chi connectivity index (χ1n) is 8.51. The van der Waals surface area contributed by atoms with Gasteiger partial charge in [0.2, 0.25) is 6.79 Å². The number of halogens is 1. The number of anilines is 2. The van der Waals surface area contributed by atoms with E-state index in [0.717, 1.165) is 4.90 Å². The maximum Gasteiger partial charge on any atom is 0.282 e. The van der Waals surface area contributed by atoms with Crippen LogP contribution in [-0.2, 0) is 9.59 Å². The van der Waals surface area contributed by atoms with Gasteiger partial charge >= 0.3 is 0 Å². The van der Waals surface area contributed by atoms with Crippen LogP contribution >= 0.6 is 11.6 Å². The van der Waals surface area contributed by atoms with Crippen LogP contribution in [0.15, 0.2) is 42.5 Å². The number of ether oxygens (including phenoxy) is 2. The molecular weight excluding hydrogens is 370 g/mol. The first-order chi connectivity index (χ1) is 12.9. The summed E-state index contributed by atoms with van der Waals surface area (Å²) in [6, 6.07) is 11.8. The molecule has 8 heteroatoms. The number of fused-ring (bicyclic) bond motifs is 1. The molecule has 0 bridgehead atoms. The highest BCUT2D eigenvalue weighted by Crippen LogP contribution is 2.34. The fraction of sp³-hybridized carbons (Fsp3) is 0.263. The Kier molecular flexibility index (Phi) is 5.83. The Morgan fingerprint density at radius 3 is 2.67 bits per heavy atom. The van der Waals surface area contributed by atoms with Crippen molar-refractivity contribution in [1.29, 1.82) is 0 Å². The van der Waals surface area contributed by atoms with E-state index in [1.54, 1.807) is 56.4 Å². The Balaban J connectivity index is 1.54. The van der Waals surface area contributed by atoms with Gasteiger partial charge in [0.25, 0.3) is 11.8 Å².